The van der Waals surface area contributed by atoms with Gasteiger partial charge in [0, 0.05) is 17.0 Å². The second-order valence-corrected chi connectivity index (χ2v) is 8.73. The highest BCUT2D eigenvalue weighted by molar-refractivity contribution is 7.18. The largest absolute Gasteiger partial charge is 0.482 e. The zero-order valence-electron chi connectivity index (χ0n) is 16.8. The number of amides is 1. The number of nitrogens with zero attached hydrogens (tertiary/aromatic N) is 3. The molecule has 0 N–H and O–H groups in total. The van der Waals surface area contributed by atoms with Gasteiger partial charge in [-0.25, -0.2) is 4.98 Å². The Hall–Kier alpha value is -3.00. The molecule has 5 rings (SSSR count). The van der Waals surface area contributed by atoms with Gasteiger partial charge in [0.1, 0.15) is 10.6 Å². The summed E-state index contributed by atoms with van der Waals surface area (Å²) in [7, 11) is 0. The zero-order valence-corrected chi connectivity index (χ0v) is 17.6. The lowest BCUT2D eigenvalue weighted by Crippen LogP contribution is -2.38. The maximum atomic E-state index is 13.2. The highest BCUT2D eigenvalue weighted by Gasteiger charge is 2.28. The van der Waals surface area contributed by atoms with E-state index in [0.29, 0.717) is 28.9 Å². The molecule has 8 heteroatoms. The number of likely N-dealkylation sites (N-methyl/N-ethyl adjacent to an activating group) is 1. The van der Waals surface area contributed by atoms with E-state index < -0.39 is 6.04 Å². The van der Waals surface area contributed by atoms with Gasteiger partial charge in [-0.3, -0.25) is 19.0 Å². The van der Waals surface area contributed by atoms with Gasteiger partial charge in [0.15, 0.2) is 12.4 Å². The van der Waals surface area contributed by atoms with Crippen LogP contribution in [0.1, 0.15) is 47.1 Å². The molecule has 1 atom stereocenters. The minimum atomic E-state index is -0.709. The number of thiophene rings is 1. The van der Waals surface area contributed by atoms with Gasteiger partial charge in [-0.15, -0.1) is 11.3 Å². The summed E-state index contributed by atoms with van der Waals surface area (Å²) in [6, 6.07) is 4.36. The molecule has 2 aliphatic rings. The Morgan fingerprint density at radius 2 is 2.13 bits per heavy atom. The van der Waals surface area contributed by atoms with Crippen molar-refractivity contribution in [2.24, 2.45) is 0 Å². The Labute approximate surface area is 176 Å². The van der Waals surface area contributed by atoms with Gasteiger partial charge < -0.3 is 9.64 Å². The van der Waals surface area contributed by atoms with Crippen molar-refractivity contribution in [1.29, 1.82) is 0 Å². The lowest BCUT2D eigenvalue weighted by atomic mass is 10.0. The quantitative estimate of drug-likeness (QED) is 0.602. The number of aryl methyl sites for hydroxylation is 2. The first kappa shape index (κ1) is 19.0. The van der Waals surface area contributed by atoms with E-state index >= 15 is 0 Å². The van der Waals surface area contributed by atoms with E-state index in [-0.39, 0.29) is 23.9 Å². The number of benzene rings is 1. The first-order chi connectivity index (χ1) is 14.5. The molecule has 2 aromatic heterocycles. The Morgan fingerprint density at radius 3 is 2.93 bits per heavy atom. The standard InChI is InChI=1S/C22H21N3O4S/c1-3-24-15-9-13(7-8-16(15)29-10-18(24)26)20(27)12(2)25-11-23-21-19(22(25)28)14-5-4-6-17(14)30-21/h7-9,11-12H,3-6,10H2,1-2H3. The fourth-order valence-electron chi connectivity index (χ4n) is 4.34. The van der Waals surface area contributed by atoms with Gasteiger partial charge in [-0.2, -0.15) is 0 Å². The summed E-state index contributed by atoms with van der Waals surface area (Å²) < 4.78 is 6.91. The number of aromatic nitrogens is 2. The maximum absolute atomic E-state index is 13.2. The SMILES string of the molecule is CCN1C(=O)COc2ccc(C(=O)C(C)n3cnc4sc5c(c4c3=O)CCC5)cc21. The Bertz CT molecular complexity index is 1260. The third-order valence-corrected chi connectivity index (χ3v) is 7.15. The highest BCUT2D eigenvalue weighted by Crippen LogP contribution is 2.35. The number of ether oxygens (including phenoxy) is 1. The summed E-state index contributed by atoms with van der Waals surface area (Å²) in [6.07, 6.45) is 4.42. The number of Topliss-reactive ketones (excluding diaryl/α,β-unsaturated/α-hetero) is 1. The molecular weight excluding hydrogens is 402 g/mol. The van der Waals surface area contributed by atoms with Crippen molar-refractivity contribution in [1.82, 2.24) is 9.55 Å². The van der Waals surface area contributed by atoms with E-state index in [1.165, 1.54) is 15.8 Å². The first-order valence-corrected chi connectivity index (χ1v) is 10.9. The van der Waals surface area contributed by atoms with E-state index in [0.717, 1.165) is 29.7 Å². The number of ketones is 1. The van der Waals surface area contributed by atoms with Crippen LogP contribution in [0.2, 0.25) is 0 Å². The van der Waals surface area contributed by atoms with Gasteiger partial charge >= 0.3 is 0 Å². The van der Waals surface area contributed by atoms with E-state index in [1.54, 1.807) is 41.4 Å². The molecule has 7 nitrogen and oxygen atoms in total. The molecule has 1 aromatic carbocycles. The maximum Gasteiger partial charge on any atom is 0.265 e. The van der Waals surface area contributed by atoms with Crippen LogP contribution >= 0.6 is 11.3 Å². The monoisotopic (exact) mass is 423 g/mol. The van der Waals surface area contributed by atoms with Crippen LogP contribution in [0.15, 0.2) is 29.3 Å². The molecule has 0 spiro atoms. The minimum absolute atomic E-state index is 0.00340. The normalized spacial score (nSPS) is 16.3. The summed E-state index contributed by atoms with van der Waals surface area (Å²) in [5.74, 6) is 0.233. The van der Waals surface area contributed by atoms with Crippen molar-refractivity contribution >= 4 is 38.9 Å². The Balaban J connectivity index is 1.53. The van der Waals surface area contributed by atoms with Crippen molar-refractivity contribution in [3.63, 3.8) is 0 Å². The molecule has 1 amide bonds. The predicted octanol–water partition coefficient (Wildman–Crippen LogP) is 3.14. The van der Waals surface area contributed by atoms with Crippen molar-refractivity contribution in [2.75, 3.05) is 18.1 Å². The van der Waals surface area contributed by atoms with E-state index in [2.05, 4.69) is 4.98 Å². The van der Waals surface area contributed by atoms with Crippen LogP contribution < -0.4 is 15.2 Å². The number of fused-ring (bicyclic) bond motifs is 4. The molecule has 0 saturated carbocycles. The zero-order chi connectivity index (χ0) is 21.0. The van der Waals surface area contributed by atoms with Crippen LogP contribution in [0.4, 0.5) is 5.69 Å². The molecule has 0 fully saturated rings. The Kier molecular flexibility index (Phi) is 4.47. The molecular formula is C22H21N3O4S. The summed E-state index contributed by atoms with van der Waals surface area (Å²) >= 11 is 1.58. The van der Waals surface area contributed by atoms with Crippen LogP contribution in [0.5, 0.6) is 5.75 Å². The number of carbonyl (C=O) groups is 2. The molecule has 1 aliphatic carbocycles. The van der Waals surface area contributed by atoms with Gasteiger partial charge in [0.05, 0.1) is 23.4 Å². The second-order valence-electron chi connectivity index (χ2n) is 7.64. The van der Waals surface area contributed by atoms with Crippen molar-refractivity contribution in [3.8, 4) is 5.75 Å². The summed E-state index contributed by atoms with van der Waals surface area (Å²) in [5, 5.41) is 0.663. The third-order valence-electron chi connectivity index (χ3n) is 5.95. The average molecular weight is 423 g/mol. The van der Waals surface area contributed by atoms with Crippen LogP contribution in [-0.4, -0.2) is 34.4 Å². The highest BCUT2D eigenvalue weighted by atomic mass is 32.1. The van der Waals surface area contributed by atoms with Gasteiger partial charge in [-0.1, -0.05) is 0 Å². The first-order valence-electron chi connectivity index (χ1n) is 10.1. The number of hydrogen-bond acceptors (Lipinski definition) is 6. The molecule has 0 radical (unpaired) electrons. The molecule has 0 bridgehead atoms. The second kappa shape index (κ2) is 7.05. The smallest absolute Gasteiger partial charge is 0.265 e. The molecule has 154 valence electrons. The van der Waals surface area contributed by atoms with E-state index in [1.807, 2.05) is 6.92 Å². The topological polar surface area (TPSA) is 81.5 Å². The molecule has 1 unspecified atom stereocenters. The Morgan fingerprint density at radius 1 is 1.30 bits per heavy atom. The van der Waals surface area contributed by atoms with E-state index in [4.69, 9.17) is 4.74 Å². The minimum Gasteiger partial charge on any atom is -0.482 e. The van der Waals surface area contributed by atoms with Crippen LogP contribution in [0.3, 0.4) is 0 Å². The van der Waals surface area contributed by atoms with Crippen LogP contribution in [-0.2, 0) is 17.6 Å². The summed E-state index contributed by atoms with van der Waals surface area (Å²) in [5.41, 5.74) is 1.96. The number of carbonyl (C=O) groups excluding carboxylic acids is 2. The summed E-state index contributed by atoms with van der Waals surface area (Å²) in [4.78, 5) is 46.6. The average Bonchev–Trinajstić information content (AvgIpc) is 3.34. The van der Waals surface area contributed by atoms with Crippen LogP contribution in [0, 0.1) is 0 Å². The van der Waals surface area contributed by atoms with E-state index in [9.17, 15) is 14.4 Å². The van der Waals surface area contributed by atoms with Gasteiger partial charge in [-0.05, 0) is 56.9 Å². The van der Waals surface area contributed by atoms with Gasteiger partial charge in [0.2, 0.25) is 0 Å². The molecule has 30 heavy (non-hydrogen) atoms. The lowest BCUT2D eigenvalue weighted by molar-refractivity contribution is -0.121. The molecule has 3 heterocycles. The number of anilines is 1. The molecule has 1 aliphatic heterocycles. The predicted molar refractivity (Wildman–Crippen MR) is 115 cm³/mol. The number of hydrogen-bond donors (Lipinski definition) is 0. The van der Waals surface area contributed by atoms with Crippen molar-refractivity contribution in [3.05, 3.63) is 50.9 Å². The summed E-state index contributed by atoms with van der Waals surface area (Å²) in [6.45, 7) is 4.08. The fraction of sp³-hybridized carbons (Fsp3) is 0.364. The van der Waals surface area contributed by atoms with Crippen molar-refractivity contribution < 1.29 is 14.3 Å². The lowest BCUT2D eigenvalue weighted by Gasteiger charge is -2.28. The van der Waals surface area contributed by atoms with Crippen LogP contribution in [0.25, 0.3) is 10.2 Å². The fourth-order valence-corrected chi connectivity index (χ4v) is 5.56. The van der Waals surface area contributed by atoms with Gasteiger partial charge in [0.25, 0.3) is 11.5 Å². The van der Waals surface area contributed by atoms with Crippen molar-refractivity contribution in [2.45, 2.75) is 39.2 Å². The third kappa shape index (κ3) is 2.78. The molecule has 0 saturated heterocycles. The number of rotatable bonds is 4. The molecule has 3 aromatic rings.